The van der Waals surface area contributed by atoms with Gasteiger partial charge >= 0.3 is 18.1 Å². The first kappa shape index (κ1) is 72.5. The molecule has 3 unspecified atom stereocenters. The maximum atomic E-state index is 14.7. The molecule has 2 aromatic carbocycles. The highest BCUT2D eigenvalue weighted by molar-refractivity contribution is 5.99. The second-order valence-corrected chi connectivity index (χ2v) is 23.7. The molecular weight excluding hydrogens is 1090 g/mol. The van der Waals surface area contributed by atoms with Gasteiger partial charge in [-0.3, -0.25) is 33.6 Å². The minimum Gasteiger partial charge on any atom is -0.467 e. The van der Waals surface area contributed by atoms with Crippen molar-refractivity contribution < 1.29 is 66.9 Å². The van der Waals surface area contributed by atoms with Gasteiger partial charge in [0, 0.05) is 84.6 Å². The average Bonchev–Trinajstić information content (AvgIpc) is 3.89. The van der Waals surface area contributed by atoms with Crippen LogP contribution in [0, 0.1) is 41.4 Å². The van der Waals surface area contributed by atoms with E-state index in [4.69, 9.17) is 30.4 Å². The van der Waals surface area contributed by atoms with Crippen molar-refractivity contribution in [3.8, 4) is 0 Å². The summed E-state index contributed by atoms with van der Waals surface area (Å²) in [4.78, 5) is 139. The number of primary amides is 1. The number of anilines is 1. The maximum absolute atomic E-state index is 14.7. The lowest BCUT2D eigenvalue weighted by Gasteiger charge is -2.40. The van der Waals surface area contributed by atoms with Crippen LogP contribution in [0.5, 0.6) is 0 Å². The Kier molecular flexibility index (Phi) is 30.4. The number of likely N-dealkylation sites (tertiary alicyclic amines) is 1. The van der Waals surface area contributed by atoms with E-state index in [0.717, 1.165) is 5.56 Å². The Morgan fingerprint density at radius 2 is 1.40 bits per heavy atom. The summed E-state index contributed by atoms with van der Waals surface area (Å²) in [5.74, 6) is -6.57. The van der Waals surface area contributed by atoms with Crippen LogP contribution in [0.1, 0.15) is 131 Å². The highest BCUT2D eigenvalue weighted by Crippen LogP contribution is 2.31. The van der Waals surface area contributed by atoms with Gasteiger partial charge in [0.15, 0.2) is 11.6 Å². The van der Waals surface area contributed by atoms with Crippen molar-refractivity contribution >= 4 is 64.8 Å². The Labute approximate surface area is 503 Å². The molecule has 1 aliphatic heterocycles. The van der Waals surface area contributed by atoms with Crippen LogP contribution >= 0.6 is 0 Å². The number of methoxy groups -OCH3 is 3. The molecule has 0 aromatic heterocycles. The highest BCUT2D eigenvalue weighted by Gasteiger charge is 2.43. The van der Waals surface area contributed by atoms with Crippen LogP contribution in [0.3, 0.4) is 0 Å². The SMILES string of the molecule is CCC(C)[C@@H]([C@@H](CC(=O)CC(=O)N1CCC[C@H]1[C@H](OC)[C@@H](C)C(=O)NC(Cc1ccccc1)C(=O)OC)OC)N(C)C(=O)[C@@H](CC(=O)[C@H](C(C)C)N(C)C(=O)OCc1ccc(NC(=O)C(CCCNC(N)=O)CC(=O)[C@@H](N)C(C)C)cc1)C(C)C. The van der Waals surface area contributed by atoms with Crippen LogP contribution < -0.4 is 27.4 Å². The molecule has 0 bridgehead atoms. The zero-order valence-corrected chi connectivity index (χ0v) is 52.7. The summed E-state index contributed by atoms with van der Waals surface area (Å²) in [7, 11) is 7.28. The number of likely N-dealkylation sites (N-methyl/N-ethyl adjacent to an activating group) is 2. The summed E-state index contributed by atoms with van der Waals surface area (Å²) in [6.45, 7) is 16.9. The summed E-state index contributed by atoms with van der Waals surface area (Å²) >= 11 is 0. The second kappa shape index (κ2) is 35.6. The first-order valence-electron chi connectivity index (χ1n) is 29.8. The zero-order chi connectivity index (χ0) is 63.8. The van der Waals surface area contributed by atoms with Crippen LogP contribution in [-0.2, 0) is 70.3 Å². The van der Waals surface area contributed by atoms with E-state index in [1.807, 2.05) is 71.9 Å². The Hall–Kier alpha value is -6.78. The van der Waals surface area contributed by atoms with Crippen LogP contribution in [0.4, 0.5) is 15.3 Å². The van der Waals surface area contributed by atoms with E-state index in [0.29, 0.717) is 49.9 Å². The number of nitrogens with one attached hydrogen (secondary N) is 3. The lowest BCUT2D eigenvalue weighted by atomic mass is 9.83. The molecule has 11 atom stereocenters. The number of carbonyl (C=O) groups excluding carboxylic acids is 10. The summed E-state index contributed by atoms with van der Waals surface area (Å²) < 4.78 is 22.5. The topological polar surface area (TPSA) is 305 Å². The van der Waals surface area contributed by atoms with Crippen molar-refractivity contribution in [1.29, 1.82) is 0 Å². The van der Waals surface area contributed by atoms with E-state index in [1.165, 1.54) is 33.3 Å². The number of esters is 1. The van der Waals surface area contributed by atoms with Crippen molar-refractivity contribution in [3.05, 3.63) is 65.7 Å². The van der Waals surface area contributed by atoms with E-state index in [-0.39, 0.29) is 80.0 Å². The molecule has 7 N–H and O–H groups in total. The minimum atomic E-state index is -0.961. The first-order chi connectivity index (χ1) is 40.1. The minimum absolute atomic E-state index is 0.0801. The van der Waals surface area contributed by atoms with Gasteiger partial charge in [0.25, 0.3) is 0 Å². The number of hydrogen-bond donors (Lipinski definition) is 5. The number of amides is 7. The van der Waals surface area contributed by atoms with Crippen LogP contribution in [-0.4, -0.2) is 165 Å². The van der Waals surface area contributed by atoms with E-state index in [1.54, 1.807) is 61.9 Å². The number of rotatable bonds is 36. The second-order valence-electron chi connectivity index (χ2n) is 23.7. The normalized spacial score (nSPS) is 16.8. The molecule has 1 saturated heterocycles. The van der Waals surface area contributed by atoms with Crippen molar-refractivity contribution in [2.24, 2.45) is 52.9 Å². The van der Waals surface area contributed by atoms with Gasteiger partial charge in [-0.1, -0.05) is 111 Å². The molecule has 0 saturated carbocycles. The molecule has 1 aliphatic rings. The molecule has 0 radical (unpaired) electrons. The molecule has 3 rings (SSSR count). The van der Waals surface area contributed by atoms with Crippen LogP contribution in [0.15, 0.2) is 54.6 Å². The average molecular weight is 1190 g/mol. The van der Waals surface area contributed by atoms with Gasteiger partial charge in [-0.15, -0.1) is 0 Å². The zero-order valence-electron chi connectivity index (χ0n) is 52.7. The maximum Gasteiger partial charge on any atom is 0.410 e. The Morgan fingerprint density at radius 3 is 1.95 bits per heavy atom. The summed E-state index contributed by atoms with van der Waals surface area (Å²) in [5, 5.41) is 8.15. The number of urea groups is 1. The number of ether oxygens (including phenoxy) is 4. The molecule has 7 amide bonds. The number of carbonyl (C=O) groups is 10. The molecular formula is C63H98N8O14. The van der Waals surface area contributed by atoms with Crippen molar-refractivity contribution in [3.63, 3.8) is 0 Å². The first-order valence-corrected chi connectivity index (χ1v) is 29.8. The predicted octanol–water partition coefficient (Wildman–Crippen LogP) is 6.24. The van der Waals surface area contributed by atoms with Gasteiger partial charge in [-0.2, -0.15) is 0 Å². The van der Waals surface area contributed by atoms with Crippen molar-refractivity contribution in [2.45, 2.75) is 176 Å². The van der Waals surface area contributed by atoms with Gasteiger partial charge in [0.2, 0.25) is 23.6 Å². The third-order valence-electron chi connectivity index (χ3n) is 16.5. The van der Waals surface area contributed by atoms with E-state index >= 15 is 0 Å². The summed E-state index contributed by atoms with van der Waals surface area (Å²) in [6.07, 6.45) is -0.626. The Balaban J connectivity index is 1.69. The van der Waals surface area contributed by atoms with Gasteiger partial charge < -0.3 is 61.1 Å². The van der Waals surface area contributed by atoms with Crippen LogP contribution in [0.25, 0.3) is 0 Å². The largest absolute Gasteiger partial charge is 0.467 e. The standard InChI is InChI=1S/C63H98N8O14/c1-15-40(8)56(52(82-12)33-46(72)34-53(75)71-30-20-24-49(71)57(83-13)41(9)58(76)68-48(61(79)84-14)31-42-21-17-16-18-22-42)69(10)60(78)47(37(2)3)35-51(74)55(39(6)7)70(11)63(81)85-36-43-25-27-45(28-26-43)67-59(77)44(23-19-29-66-62(65)80)32-50(73)54(64)38(4)5/h16-18,21-22,25-28,37-41,44,47-49,52,54-57H,15,19-20,23-24,29-36,64H2,1-14H3,(H,67,77)(H,68,76)(H3,65,66,80)/t40?,41-,44?,47+,48?,49+,52-,54+,55+,56+,57-/m1/s1. The highest BCUT2D eigenvalue weighted by atomic mass is 16.6. The van der Waals surface area contributed by atoms with E-state index in [2.05, 4.69) is 16.0 Å². The number of nitrogens with zero attached hydrogens (tertiary/aromatic N) is 3. The fourth-order valence-corrected chi connectivity index (χ4v) is 11.2. The van der Waals surface area contributed by atoms with Crippen molar-refractivity contribution in [1.82, 2.24) is 25.3 Å². The summed E-state index contributed by atoms with van der Waals surface area (Å²) in [5.41, 5.74) is 13.1. The van der Waals surface area contributed by atoms with Crippen LogP contribution in [0.2, 0.25) is 0 Å². The fourth-order valence-electron chi connectivity index (χ4n) is 11.2. The molecule has 1 heterocycles. The Morgan fingerprint density at radius 1 is 0.753 bits per heavy atom. The molecule has 0 spiro atoms. The summed E-state index contributed by atoms with van der Waals surface area (Å²) in [6, 6.07) is 11.3. The molecule has 85 heavy (non-hydrogen) atoms. The molecule has 474 valence electrons. The molecule has 2 aromatic rings. The third-order valence-corrected chi connectivity index (χ3v) is 16.5. The molecule has 1 fully saturated rings. The number of ketones is 3. The number of hydrogen-bond acceptors (Lipinski definition) is 15. The molecule has 0 aliphatic carbocycles. The Bertz CT molecular complexity index is 2530. The smallest absolute Gasteiger partial charge is 0.410 e. The number of benzene rings is 2. The van der Waals surface area contributed by atoms with Gasteiger partial charge in [0.1, 0.15) is 18.4 Å². The third kappa shape index (κ3) is 21.9. The quantitative estimate of drug-likeness (QED) is 0.0287. The lowest BCUT2D eigenvalue weighted by Crippen LogP contribution is -2.53. The van der Waals surface area contributed by atoms with Gasteiger partial charge in [-0.05, 0) is 72.6 Å². The van der Waals surface area contributed by atoms with E-state index < -0.39 is 108 Å². The van der Waals surface area contributed by atoms with Crippen molar-refractivity contribution in [2.75, 3.05) is 53.8 Å². The molecule has 22 nitrogen and oxygen atoms in total. The van der Waals surface area contributed by atoms with E-state index in [9.17, 15) is 47.9 Å². The molecule has 22 heteroatoms. The number of nitrogens with two attached hydrogens (primary N) is 2. The predicted molar refractivity (Wildman–Crippen MR) is 322 cm³/mol. The monoisotopic (exact) mass is 1190 g/mol. The number of Topliss-reactive ketones (excluding diaryl/α,β-unsaturated/α-hetero) is 3. The van der Waals surface area contributed by atoms with Gasteiger partial charge in [0.05, 0.1) is 55.8 Å². The van der Waals surface area contributed by atoms with Gasteiger partial charge in [-0.25, -0.2) is 14.4 Å². The lowest BCUT2D eigenvalue weighted by molar-refractivity contribution is -0.148. The fraction of sp³-hybridized carbons (Fsp3) is 0.651.